The molecule has 0 heterocycles. The van der Waals surface area contributed by atoms with Crippen molar-refractivity contribution < 1.29 is 9.47 Å². The number of methoxy groups -OCH3 is 1. The Labute approximate surface area is 122 Å². The van der Waals surface area contributed by atoms with E-state index in [2.05, 4.69) is 36.5 Å². The van der Waals surface area contributed by atoms with Gasteiger partial charge < -0.3 is 14.8 Å². The average molecular weight is 277 g/mol. The van der Waals surface area contributed by atoms with E-state index in [0.29, 0.717) is 25.2 Å². The first-order valence-electron chi connectivity index (χ1n) is 7.74. The predicted octanol–water partition coefficient (Wildman–Crippen LogP) is 2.95. The highest BCUT2D eigenvalue weighted by atomic mass is 16.5. The van der Waals surface area contributed by atoms with Crippen LogP contribution in [0, 0.1) is 5.92 Å². The molecule has 3 nitrogen and oxygen atoms in total. The summed E-state index contributed by atoms with van der Waals surface area (Å²) in [5, 5.41) is 3.71. The van der Waals surface area contributed by atoms with Gasteiger partial charge in [-0.15, -0.1) is 0 Å². The molecule has 2 rings (SSSR count). The van der Waals surface area contributed by atoms with E-state index in [0.717, 1.165) is 19.6 Å². The lowest BCUT2D eigenvalue weighted by Crippen LogP contribution is -2.27. The maximum atomic E-state index is 5.63. The molecule has 2 unspecified atom stereocenters. The fourth-order valence-electron chi connectivity index (χ4n) is 3.00. The molecule has 0 spiro atoms. The minimum Gasteiger partial charge on any atom is -0.382 e. The molecular formula is C17H27NO2. The van der Waals surface area contributed by atoms with E-state index in [-0.39, 0.29) is 0 Å². The van der Waals surface area contributed by atoms with Crippen LogP contribution in [-0.2, 0) is 15.9 Å². The predicted molar refractivity (Wildman–Crippen MR) is 82.0 cm³/mol. The number of nitrogens with one attached hydrogen (secondary N) is 1. The molecule has 0 aliphatic heterocycles. The Hall–Kier alpha value is -0.900. The van der Waals surface area contributed by atoms with Crippen LogP contribution in [0.4, 0.5) is 0 Å². The maximum absolute atomic E-state index is 5.63. The van der Waals surface area contributed by atoms with Crippen LogP contribution < -0.4 is 5.32 Å². The lowest BCUT2D eigenvalue weighted by Gasteiger charge is -2.22. The number of ether oxygens (including phenoxy) is 2. The molecular weight excluding hydrogens is 250 g/mol. The van der Waals surface area contributed by atoms with Crippen LogP contribution in [0.15, 0.2) is 24.3 Å². The summed E-state index contributed by atoms with van der Waals surface area (Å²) in [5.41, 5.74) is 2.99. The van der Waals surface area contributed by atoms with Crippen molar-refractivity contribution in [1.82, 2.24) is 5.32 Å². The van der Waals surface area contributed by atoms with Crippen molar-refractivity contribution in [3.05, 3.63) is 35.4 Å². The van der Waals surface area contributed by atoms with Crippen molar-refractivity contribution >= 4 is 0 Å². The Kier molecular flexibility index (Phi) is 6.51. The van der Waals surface area contributed by atoms with Gasteiger partial charge in [0.05, 0.1) is 13.2 Å². The van der Waals surface area contributed by atoms with E-state index >= 15 is 0 Å². The fraction of sp³-hybridized carbons (Fsp3) is 0.647. The lowest BCUT2D eigenvalue weighted by atomic mass is 9.97. The summed E-state index contributed by atoms with van der Waals surface area (Å²) in [6.07, 6.45) is 3.46. The van der Waals surface area contributed by atoms with Crippen molar-refractivity contribution in [3.63, 3.8) is 0 Å². The second-order valence-electron chi connectivity index (χ2n) is 5.49. The Morgan fingerprint density at radius 1 is 1.20 bits per heavy atom. The molecule has 0 bridgehead atoms. The molecule has 1 aliphatic carbocycles. The zero-order valence-electron chi connectivity index (χ0n) is 12.7. The molecule has 0 radical (unpaired) electrons. The van der Waals surface area contributed by atoms with E-state index in [9.17, 15) is 0 Å². The Balaban J connectivity index is 1.88. The summed E-state index contributed by atoms with van der Waals surface area (Å²) in [4.78, 5) is 0. The summed E-state index contributed by atoms with van der Waals surface area (Å²) in [7, 11) is 1.71. The number of hydrogen-bond acceptors (Lipinski definition) is 3. The van der Waals surface area contributed by atoms with Crippen LogP contribution >= 0.6 is 0 Å². The minimum absolute atomic E-state index is 0.497. The van der Waals surface area contributed by atoms with Gasteiger partial charge in [-0.25, -0.2) is 0 Å². The van der Waals surface area contributed by atoms with Crippen molar-refractivity contribution in [2.24, 2.45) is 5.92 Å². The Bertz CT molecular complexity index is 394. The molecule has 0 fully saturated rings. The first-order valence-corrected chi connectivity index (χ1v) is 7.74. The van der Waals surface area contributed by atoms with Crippen LogP contribution in [0.25, 0.3) is 0 Å². The summed E-state index contributed by atoms with van der Waals surface area (Å²) in [5.74, 6) is 0.654. The number of hydrogen-bond donors (Lipinski definition) is 1. The third-order valence-electron chi connectivity index (χ3n) is 4.02. The van der Waals surface area contributed by atoms with Gasteiger partial charge in [-0.2, -0.15) is 0 Å². The number of rotatable bonds is 9. The summed E-state index contributed by atoms with van der Waals surface area (Å²) >= 11 is 0. The highest BCUT2D eigenvalue weighted by Crippen LogP contribution is 2.37. The molecule has 0 saturated heterocycles. The fourth-order valence-corrected chi connectivity index (χ4v) is 3.00. The summed E-state index contributed by atoms with van der Waals surface area (Å²) in [6.45, 7) is 5.51. The third-order valence-corrected chi connectivity index (χ3v) is 4.02. The van der Waals surface area contributed by atoms with Crippen LogP contribution in [0.1, 0.15) is 36.9 Å². The molecule has 1 aromatic carbocycles. The van der Waals surface area contributed by atoms with Gasteiger partial charge in [-0.05, 0) is 42.9 Å². The van der Waals surface area contributed by atoms with E-state index in [1.54, 1.807) is 7.11 Å². The number of fused-ring (bicyclic) bond motifs is 1. The van der Waals surface area contributed by atoms with E-state index in [4.69, 9.17) is 9.47 Å². The molecule has 3 heteroatoms. The normalized spacial score (nSPS) is 21.1. The SMILES string of the molecule is CCCNC1c2ccccc2CC1CCOCCOC. The molecule has 0 saturated carbocycles. The van der Waals surface area contributed by atoms with E-state index in [1.165, 1.54) is 24.0 Å². The molecule has 0 aromatic heterocycles. The lowest BCUT2D eigenvalue weighted by molar-refractivity contribution is 0.0619. The maximum Gasteiger partial charge on any atom is 0.0700 e. The van der Waals surface area contributed by atoms with Crippen molar-refractivity contribution in [2.75, 3.05) is 33.5 Å². The molecule has 1 N–H and O–H groups in total. The first kappa shape index (κ1) is 15.5. The average Bonchev–Trinajstić information content (AvgIpc) is 2.82. The quantitative estimate of drug-likeness (QED) is 0.704. The second-order valence-corrected chi connectivity index (χ2v) is 5.49. The van der Waals surface area contributed by atoms with Crippen LogP contribution in [-0.4, -0.2) is 33.5 Å². The molecule has 20 heavy (non-hydrogen) atoms. The van der Waals surface area contributed by atoms with Crippen LogP contribution in [0.2, 0.25) is 0 Å². The van der Waals surface area contributed by atoms with Gasteiger partial charge in [0.2, 0.25) is 0 Å². The van der Waals surface area contributed by atoms with Crippen molar-refractivity contribution in [1.29, 1.82) is 0 Å². The highest BCUT2D eigenvalue weighted by molar-refractivity contribution is 5.35. The van der Waals surface area contributed by atoms with E-state index < -0.39 is 0 Å². The van der Waals surface area contributed by atoms with Crippen molar-refractivity contribution in [2.45, 2.75) is 32.2 Å². The topological polar surface area (TPSA) is 30.5 Å². The van der Waals surface area contributed by atoms with Gasteiger partial charge in [-0.1, -0.05) is 31.2 Å². The standard InChI is InChI=1S/C17H27NO2/c1-3-9-18-17-15(8-10-20-12-11-19-2)13-14-6-4-5-7-16(14)17/h4-7,15,17-18H,3,8-13H2,1-2H3. The summed E-state index contributed by atoms with van der Waals surface area (Å²) < 4.78 is 10.6. The van der Waals surface area contributed by atoms with Gasteiger partial charge in [0, 0.05) is 19.8 Å². The zero-order valence-corrected chi connectivity index (χ0v) is 12.7. The van der Waals surface area contributed by atoms with Crippen LogP contribution in [0.5, 0.6) is 0 Å². The molecule has 1 aliphatic rings. The molecule has 2 atom stereocenters. The second kappa shape index (κ2) is 8.40. The molecule has 1 aromatic rings. The number of benzene rings is 1. The molecule has 0 amide bonds. The third kappa shape index (κ3) is 4.05. The van der Waals surface area contributed by atoms with Gasteiger partial charge in [0.25, 0.3) is 0 Å². The first-order chi connectivity index (χ1) is 9.86. The highest BCUT2D eigenvalue weighted by Gasteiger charge is 2.31. The van der Waals surface area contributed by atoms with Crippen LogP contribution in [0.3, 0.4) is 0 Å². The smallest absolute Gasteiger partial charge is 0.0700 e. The van der Waals surface area contributed by atoms with Crippen molar-refractivity contribution in [3.8, 4) is 0 Å². The Morgan fingerprint density at radius 3 is 2.85 bits per heavy atom. The van der Waals surface area contributed by atoms with Gasteiger partial charge in [0.1, 0.15) is 0 Å². The van der Waals surface area contributed by atoms with Gasteiger partial charge in [0.15, 0.2) is 0 Å². The van der Waals surface area contributed by atoms with Gasteiger partial charge >= 0.3 is 0 Å². The monoisotopic (exact) mass is 277 g/mol. The zero-order chi connectivity index (χ0) is 14.2. The molecule has 112 valence electrons. The summed E-state index contributed by atoms with van der Waals surface area (Å²) in [6, 6.07) is 9.33. The Morgan fingerprint density at radius 2 is 2.05 bits per heavy atom. The van der Waals surface area contributed by atoms with Gasteiger partial charge in [-0.3, -0.25) is 0 Å². The minimum atomic E-state index is 0.497. The van der Waals surface area contributed by atoms with E-state index in [1.807, 2.05) is 0 Å². The largest absolute Gasteiger partial charge is 0.382 e.